The van der Waals surface area contributed by atoms with Gasteiger partial charge in [0, 0.05) is 19.0 Å². The van der Waals surface area contributed by atoms with Crippen LogP contribution in [-0.2, 0) is 17.6 Å². The fraction of sp³-hybridized carbons (Fsp3) is 0.650. The van der Waals surface area contributed by atoms with Crippen molar-refractivity contribution >= 4 is 5.91 Å². The number of hydrogen-bond donors (Lipinski definition) is 0. The van der Waals surface area contributed by atoms with Crippen LogP contribution in [0.25, 0.3) is 0 Å². The molecule has 0 N–H and O–H groups in total. The smallest absolute Gasteiger partial charge is 0.223 e. The second kappa shape index (κ2) is 7.30. The van der Waals surface area contributed by atoms with Gasteiger partial charge in [-0.3, -0.25) is 4.79 Å². The minimum atomic E-state index is 0.415. The van der Waals surface area contributed by atoms with Gasteiger partial charge >= 0.3 is 0 Å². The number of benzene rings is 1. The lowest BCUT2D eigenvalue weighted by Crippen LogP contribution is -2.44. The molecule has 0 saturated heterocycles. The number of aryl methyl sites for hydroxylation is 1. The van der Waals surface area contributed by atoms with Gasteiger partial charge in [-0.05, 0) is 55.6 Å². The van der Waals surface area contributed by atoms with Gasteiger partial charge in [-0.2, -0.15) is 0 Å². The fourth-order valence-corrected chi connectivity index (χ4v) is 4.28. The number of fused-ring (bicyclic) bond motifs is 1. The molecule has 2 nitrogen and oxygen atoms in total. The van der Waals surface area contributed by atoms with Crippen LogP contribution in [-0.4, -0.2) is 23.4 Å². The minimum absolute atomic E-state index is 0.415. The van der Waals surface area contributed by atoms with E-state index < -0.39 is 0 Å². The van der Waals surface area contributed by atoms with E-state index in [4.69, 9.17) is 0 Å². The van der Waals surface area contributed by atoms with Gasteiger partial charge in [-0.15, -0.1) is 0 Å². The van der Waals surface area contributed by atoms with Gasteiger partial charge in [0.1, 0.15) is 0 Å². The molecule has 2 aliphatic carbocycles. The zero-order chi connectivity index (χ0) is 15.4. The Kier molecular flexibility index (Phi) is 5.17. The molecule has 3 rings (SSSR count). The van der Waals surface area contributed by atoms with Crippen molar-refractivity contribution in [1.82, 2.24) is 4.90 Å². The van der Waals surface area contributed by atoms with Crippen LogP contribution in [0.15, 0.2) is 24.3 Å². The van der Waals surface area contributed by atoms with Crippen LogP contribution in [0.5, 0.6) is 0 Å². The lowest BCUT2D eigenvalue weighted by Gasteiger charge is -2.36. The van der Waals surface area contributed by atoms with Crippen molar-refractivity contribution in [2.24, 2.45) is 5.92 Å². The highest BCUT2D eigenvalue weighted by Gasteiger charge is 2.29. The molecule has 0 aromatic heterocycles. The summed E-state index contributed by atoms with van der Waals surface area (Å²) < 4.78 is 0. The third-order valence-electron chi connectivity index (χ3n) is 5.48. The first-order valence-corrected chi connectivity index (χ1v) is 9.14. The third-order valence-corrected chi connectivity index (χ3v) is 5.48. The van der Waals surface area contributed by atoms with Gasteiger partial charge in [0.25, 0.3) is 0 Å². The zero-order valence-electron chi connectivity index (χ0n) is 13.9. The van der Waals surface area contributed by atoms with Crippen LogP contribution >= 0.6 is 0 Å². The molecule has 2 aliphatic rings. The minimum Gasteiger partial charge on any atom is -0.339 e. The summed E-state index contributed by atoms with van der Waals surface area (Å²) in [6, 6.07) is 9.17. The number of amides is 1. The Morgan fingerprint density at radius 2 is 1.86 bits per heavy atom. The Labute approximate surface area is 134 Å². The van der Waals surface area contributed by atoms with Gasteiger partial charge in [0.05, 0.1) is 0 Å². The second-order valence-corrected chi connectivity index (χ2v) is 7.11. The zero-order valence-corrected chi connectivity index (χ0v) is 13.9. The summed E-state index contributed by atoms with van der Waals surface area (Å²) in [6.45, 7) is 3.12. The molecule has 1 aromatic carbocycles. The van der Waals surface area contributed by atoms with Crippen molar-refractivity contribution in [2.45, 2.75) is 70.8 Å². The van der Waals surface area contributed by atoms with E-state index in [0.29, 0.717) is 17.9 Å². The predicted octanol–water partition coefficient (Wildman–Crippen LogP) is 4.36. The van der Waals surface area contributed by atoms with Crippen molar-refractivity contribution in [1.29, 1.82) is 0 Å². The average Bonchev–Trinajstić information content (AvgIpc) is 3.05. The van der Waals surface area contributed by atoms with Crippen LogP contribution in [0.1, 0.15) is 63.0 Å². The van der Waals surface area contributed by atoms with E-state index in [1.165, 1.54) is 36.8 Å². The Morgan fingerprint density at radius 1 is 1.14 bits per heavy atom. The molecular weight excluding hydrogens is 270 g/mol. The maximum absolute atomic E-state index is 12.8. The van der Waals surface area contributed by atoms with Gasteiger partial charge in [-0.1, -0.05) is 44.0 Å². The first kappa shape index (κ1) is 15.6. The van der Waals surface area contributed by atoms with Gasteiger partial charge in [-0.25, -0.2) is 0 Å². The van der Waals surface area contributed by atoms with Gasteiger partial charge < -0.3 is 4.90 Å². The maximum Gasteiger partial charge on any atom is 0.223 e. The molecule has 1 saturated carbocycles. The maximum atomic E-state index is 12.8. The molecule has 1 atom stereocenters. The van der Waals surface area contributed by atoms with Crippen molar-refractivity contribution in [3.8, 4) is 0 Å². The molecule has 1 aromatic rings. The Hall–Kier alpha value is -1.31. The van der Waals surface area contributed by atoms with E-state index >= 15 is 0 Å². The largest absolute Gasteiger partial charge is 0.339 e. The molecule has 1 amide bonds. The number of carbonyl (C=O) groups excluding carboxylic acids is 1. The topological polar surface area (TPSA) is 20.3 Å². The van der Waals surface area contributed by atoms with E-state index in [-0.39, 0.29) is 0 Å². The Morgan fingerprint density at radius 3 is 2.59 bits per heavy atom. The SMILES string of the molecule is CCCN(C(=O)CC1CCCC1)C1CCc2ccccc2C1. The molecular formula is C20H29NO. The summed E-state index contributed by atoms with van der Waals surface area (Å²) >= 11 is 0. The van der Waals surface area contributed by atoms with E-state index in [2.05, 4.69) is 36.1 Å². The average molecular weight is 299 g/mol. The molecule has 0 bridgehead atoms. The molecule has 0 heterocycles. The molecule has 0 radical (unpaired) electrons. The molecule has 120 valence electrons. The van der Waals surface area contributed by atoms with E-state index in [1.807, 2.05) is 0 Å². The summed E-state index contributed by atoms with van der Waals surface area (Å²) in [4.78, 5) is 15.0. The monoisotopic (exact) mass is 299 g/mol. The van der Waals surface area contributed by atoms with Crippen molar-refractivity contribution < 1.29 is 4.79 Å². The number of hydrogen-bond acceptors (Lipinski definition) is 1. The van der Waals surface area contributed by atoms with Gasteiger partial charge in [0.15, 0.2) is 0 Å². The molecule has 1 fully saturated rings. The van der Waals surface area contributed by atoms with Crippen LogP contribution in [0.3, 0.4) is 0 Å². The predicted molar refractivity (Wildman–Crippen MR) is 90.8 cm³/mol. The number of rotatable bonds is 5. The van der Waals surface area contributed by atoms with Crippen molar-refractivity contribution in [3.05, 3.63) is 35.4 Å². The fourth-order valence-electron chi connectivity index (χ4n) is 4.28. The Bertz CT molecular complexity index is 504. The standard InChI is InChI=1S/C20H29NO/c1-2-13-21(20(22)14-16-7-3-4-8-16)19-12-11-17-9-5-6-10-18(17)15-19/h5-6,9-10,16,19H,2-4,7-8,11-15H2,1H3. The highest BCUT2D eigenvalue weighted by molar-refractivity contribution is 5.77. The molecule has 2 heteroatoms. The molecule has 22 heavy (non-hydrogen) atoms. The van der Waals surface area contributed by atoms with Crippen LogP contribution in [0.2, 0.25) is 0 Å². The van der Waals surface area contributed by atoms with Crippen LogP contribution < -0.4 is 0 Å². The first-order chi connectivity index (χ1) is 10.8. The normalized spacial score (nSPS) is 21.6. The molecule has 0 aliphatic heterocycles. The highest BCUT2D eigenvalue weighted by atomic mass is 16.2. The van der Waals surface area contributed by atoms with Crippen molar-refractivity contribution in [2.75, 3.05) is 6.54 Å². The summed E-state index contributed by atoms with van der Waals surface area (Å²) in [7, 11) is 0. The second-order valence-electron chi connectivity index (χ2n) is 7.11. The van der Waals surface area contributed by atoms with Crippen LogP contribution in [0, 0.1) is 5.92 Å². The summed E-state index contributed by atoms with van der Waals surface area (Å²) in [5, 5.41) is 0. The summed E-state index contributed by atoms with van der Waals surface area (Å²) in [5.74, 6) is 1.07. The van der Waals surface area contributed by atoms with E-state index in [1.54, 1.807) is 0 Å². The first-order valence-electron chi connectivity index (χ1n) is 9.14. The van der Waals surface area contributed by atoms with E-state index in [0.717, 1.165) is 38.6 Å². The van der Waals surface area contributed by atoms with Crippen LogP contribution in [0.4, 0.5) is 0 Å². The number of nitrogens with zero attached hydrogens (tertiary/aromatic N) is 1. The lowest BCUT2D eigenvalue weighted by atomic mass is 9.87. The van der Waals surface area contributed by atoms with E-state index in [9.17, 15) is 4.79 Å². The quantitative estimate of drug-likeness (QED) is 0.791. The number of carbonyl (C=O) groups is 1. The molecule has 1 unspecified atom stereocenters. The highest BCUT2D eigenvalue weighted by Crippen LogP contribution is 2.30. The summed E-state index contributed by atoms with van der Waals surface area (Å²) in [5.41, 5.74) is 2.94. The van der Waals surface area contributed by atoms with Gasteiger partial charge in [0.2, 0.25) is 5.91 Å². The summed E-state index contributed by atoms with van der Waals surface area (Å²) in [6.07, 6.45) is 10.3. The third kappa shape index (κ3) is 3.53. The lowest BCUT2D eigenvalue weighted by molar-refractivity contribution is -0.134. The Balaban J connectivity index is 1.67. The molecule has 0 spiro atoms. The van der Waals surface area contributed by atoms with Crippen molar-refractivity contribution in [3.63, 3.8) is 0 Å².